The van der Waals surface area contributed by atoms with Gasteiger partial charge in [-0.2, -0.15) is 4.31 Å². The first kappa shape index (κ1) is 22.2. The average molecular weight is 455 g/mol. The molecule has 0 atom stereocenters. The summed E-state index contributed by atoms with van der Waals surface area (Å²) in [5.41, 5.74) is 3.09. The van der Waals surface area contributed by atoms with Gasteiger partial charge in [0.2, 0.25) is 10.0 Å². The molecule has 0 aliphatic carbocycles. The first-order valence-corrected chi connectivity index (χ1v) is 12.0. The zero-order valence-electron chi connectivity index (χ0n) is 18.4. The minimum Gasteiger partial charge on any atom is -0.354 e. The monoisotopic (exact) mass is 454 g/mol. The summed E-state index contributed by atoms with van der Waals surface area (Å²) in [6.07, 6.45) is 0. The number of piperazine rings is 1. The number of nitrogens with zero attached hydrogens (tertiary/aromatic N) is 4. The van der Waals surface area contributed by atoms with Gasteiger partial charge in [-0.25, -0.2) is 13.4 Å². The summed E-state index contributed by atoms with van der Waals surface area (Å²) < 4.78 is 27.4. The standard InChI is InChI=1S/C23H26N4O4S/c1-16(2)20-8-5-9-21-17(3)14-22(24-23(20)21)25-10-12-26(13-11-25)32(30,31)19-7-4-6-18(15-19)27(28)29/h4-9,14-16H,10-13H2,1-3H3. The average Bonchev–Trinajstić information content (AvgIpc) is 2.78. The highest BCUT2D eigenvalue weighted by molar-refractivity contribution is 7.89. The molecule has 168 valence electrons. The molecule has 9 heteroatoms. The van der Waals surface area contributed by atoms with Gasteiger partial charge in [-0.3, -0.25) is 10.1 Å². The van der Waals surface area contributed by atoms with Gasteiger partial charge in [-0.1, -0.05) is 38.1 Å². The minimum atomic E-state index is -3.80. The second-order valence-corrected chi connectivity index (χ2v) is 10.3. The normalized spacial score (nSPS) is 15.4. The molecule has 2 aromatic carbocycles. The maximum atomic E-state index is 13.0. The van der Waals surface area contributed by atoms with Crippen molar-refractivity contribution in [3.05, 3.63) is 69.8 Å². The number of pyridine rings is 1. The Bertz CT molecular complexity index is 1280. The number of fused-ring (bicyclic) bond motifs is 1. The fourth-order valence-corrected chi connectivity index (χ4v) is 5.58. The Kier molecular flexibility index (Phi) is 5.87. The van der Waals surface area contributed by atoms with E-state index in [0.29, 0.717) is 19.0 Å². The van der Waals surface area contributed by atoms with E-state index in [0.717, 1.165) is 28.4 Å². The number of nitro benzene ring substituents is 1. The van der Waals surface area contributed by atoms with Gasteiger partial charge in [0.25, 0.3) is 5.69 Å². The summed E-state index contributed by atoms with van der Waals surface area (Å²) in [6, 6.07) is 13.5. The van der Waals surface area contributed by atoms with E-state index in [-0.39, 0.29) is 23.7 Å². The Morgan fingerprint density at radius 2 is 1.72 bits per heavy atom. The molecule has 0 amide bonds. The van der Waals surface area contributed by atoms with E-state index >= 15 is 0 Å². The maximum absolute atomic E-state index is 13.0. The first-order valence-electron chi connectivity index (χ1n) is 10.6. The van der Waals surface area contributed by atoms with Crippen molar-refractivity contribution >= 4 is 32.4 Å². The number of benzene rings is 2. The molecule has 2 heterocycles. The Hall–Kier alpha value is -3.04. The number of nitro groups is 1. The van der Waals surface area contributed by atoms with E-state index in [4.69, 9.17) is 4.98 Å². The maximum Gasteiger partial charge on any atom is 0.270 e. The zero-order chi connectivity index (χ0) is 23.0. The van der Waals surface area contributed by atoms with Crippen LogP contribution in [0.2, 0.25) is 0 Å². The summed E-state index contributed by atoms with van der Waals surface area (Å²) >= 11 is 0. The molecule has 32 heavy (non-hydrogen) atoms. The molecule has 1 saturated heterocycles. The number of anilines is 1. The van der Waals surface area contributed by atoms with Gasteiger partial charge < -0.3 is 4.90 Å². The van der Waals surface area contributed by atoms with E-state index in [2.05, 4.69) is 49.9 Å². The summed E-state index contributed by atoms with van der Waals surface area (Å²) in [5, 5.41) is 12.2. The fraction of sp³-hybridized carbons (Fsp3) is 0.348. The third-order valence-electron chi connectivity index (χ3n) is 5.91. The molecule has 1 aromatic heterocycles. The van der Waals surface area contributed by atoms with Gasteiger partial charge in [0.15, 0.2) is 0 Å². The lowest BCUT2D eigenvalue weighted by molar-refractivity contribution is -0.385. The van der Waals surface area contributed by atoms with Crippen LogP contribution < -0.4 is 4.90 Å². The van der Waals surface area contributed by atoms with Crippen molar-refractivity contribution in [1.82, 2.24) is 9.29 Å². The van der Waals surface area contributed by atoms with Gasteiger partial charge >= 0.3 is 0 Å². The van der Waals surface area contributed by atoms with Gasteiger partial charge in [-0.05, 0) is 36.1 Å². The van der Waals surface area contributed by atoms with Gasteiger partial charge in [0.1, 0.15) is 5.82 Å². The van der Waals surface area contributed by atoms with Crippen LogP contribution in [0.5, 0.6) is 0 Å². The van der Waals surface area contributed by atoms with E-state index in [9.17, 15) is 18.5 Å². The topological polar surface area (TPSA) is 96.7 Å². The van der Waals surface area contributed by atoms with E-state index in [1.54, 1.807) is 0 Å². The van der Waals surface area contributed by atoms with Gasteiger partial charge in [-0.15, -0.1) is 0 Å². The number of non-ortho nitro benzene ring substituents is 1. The molecule has 0 unspecified atom stereocenters. The van der Waals surface area contributed by atoms with E-state index in [1.165, 1.54) is 28.1 Å². The number of para-hydroxylation sites is 1. The molecular formula is C23H26N4O4S. The number of aryl methyl sites for hydroxylation is 1. The number of aromatic nitrogens is 1. The third-order valence-corrected chi connectivity index (χ3v) is 7.81. The fourth-order valence-electron chi connectivity index (χ4n) is 4.11. The van der Waals surface area contributed by atoms with Gasteiger partial charge in [0, 0.05) is 43.7 Å². The van der Waals surface area contributed by atoms with E-state index in [1.807, 2.05) is 0 Å². The first-order chi connectivity index (χ1) is 15.2. The van der Waals surface area contributed by atoms with Crippen LogP contribution in [0.15, 0.2) is 53.4 Å². The minimum absolute atomic E-state index is 0.0543. The Morgan fingerprint density at radius 1 is 1.03 bits per heavy atom. The summed E-state index contributed by atoms with van der Waals surface area (Å²) in [6.45, 7) is 7.93. The van der Waals surface area contributed by atoms with Crippen molar-refractivity contribution in [3.8, 4) is 0 Å². The number of hydrogen-bond acceptors (Lipinski definition) is 6. The van der Waals surface area contributed by atoms with Crippen molar-refractivity contribution in [1.29, 1.82) is 0 Å². The molecule has 4 rings (SSSR count). The van der Waals surface area contributed by atoms with Crippen molar-refractivity contribution < 1.29 is 13.3 Å². The predicted octanol–water partition coefficient (Wildman–Crippen LogP) is 4.09. The summed E-state index contributed by atoms with van der Waals surface area (Å²) in [5.74, 6) is 1.19. The molecule has 1 aliphatic rings. The molecule has 8 nitrogen and oxygen atoms in total. The number of sulfonamides is 1. The lowest BCUT2D eigenvalue weighted by Crippen LogP contribution is -2.49. The third kappa shape index (κ3) is 4.05. The quantitative estimate of drug-likeness (QED) is 0.426. The highest BCUT2D eigenvalue weighted by Crippen LogP contribution is 2.30. The Balaban J connectivity index is 1.57. The smallest absolute Gasteiger partial charge is 0.270 e. The van der Waals surface area contributed by atoms with Crippen molar-refractivity contribution in [2.24, 2.45) is 0 Å². The number of hydrogen-bond donors (Lipinski definition) is 0. The summed E-state index contributed by atoms with van der Waals surface area (Å²) in [4.78, 5) is 17.4. The van der Waals surface area contributed by atoms with Crippen LogP contribution in [0.1, 0.15) is 30.9 Å². The highest BCUT2D eigenvalue weighted by Gasteiger charge is 2.30. The van der Waals surface area contributed by atoms with Crippen LogP contribution in [0, 0.1) is 17.0 Å². The van der Waals surface area contributed by atoms with Crippen LogP contribution in [0.4, 0.5) is 11.5 Å². The van der Waals surface area contributed by atoms with Crippen molar-refractivity contribution in [3.63, 3.8) is 0 Å². The predicted molar refractivity (Wildman–Crippen MR) is 125 cm³/mol. The van der Waals surface area contributed by atoms with Crippen LogP contribution in [0.3, 0.4) is 0 Å². The largest absolute Gasteiger partial charge is 0.354 e. The van der Waals surface area contributed by atoms with Crippen LogP contribution >= 0.6 is 0 Å². The number of rotatable bonds is 5. The summed E-state index contributed by atoms with van der Waals surface area (Å²) in [7, 11) is -3.80. The Labute approximate surface area is 187 Å². The van der Waals surface area contributed by atoms with Crippen LogP contribution in [-0.4, -0.2) is 48.8 Å². The molecule has 0 bridgehead atoms. The van der Waals surface area contributed by atoms with Crippen molar-refractivity contribution in [2.75, 3.05) is 31.1 Å². The molecule has 0 saturated carbocycles. The highest BCUT2D eigenvalue weighted by atomic mass is 32.2. The SMILES string of the molecule is Cc1cc(N2CCN(S(=O)(=O)c3cccc([N+](=O)[O-])c3)CC2)nc2c(C(C)C)cccc12. The molecule has 1 fully saturated rings. The Morgan fingerprint density at radius 3 is 2.38 bits per heavy atom. The molecule has 0 spiro atoms. The molecular weight excluding hydrogens is 428 g/mol. The molecule has 3 aromatic rings. The molecule has 0 radical (unpaired) electrons. The second-order valence-electron chi connectivity index (χ2n) is 8.34. The lowest BCUT2D eigenvalue weighted by atomic mass is 9.98. The zero-order valence-corrected chi connectivity index (χ0v) is 19.2. The molecule has 1 aliphatic heterocycles. The van der Waals surface area contributed by atoms with Crippen molar-refractivity contribution in [2.45, 2.75) is 31.6 Å². The molecule has 0 N–H and O–H groups in total. The van der Waals surface area contributed by atoms with Crippen LogP contribution in [-0.2, 0) is 10.0 Å². The van der Waals surface area contributed by atoms with Gasteiger partial charge in [0.05, 0.1) is 15.3 Å². The lowest BCUT2D eigenvalue weighted by Gasteiger charge is -2.35. The second kappa shape index (κ2) is 8.48. The van der Waals surface area contributed by atoms with Crippen LogP contribution in [0.25, 0.3) is 10.9 Å². The van der Waals surface area contributed by atoms with E-state index < -0.39 is 14.9 Å².